The van der Waals surface area contributed by atoms with E-state index in [2.05, 4.69) is 30.4 Å². The quantitative estimate of drug-likeness (QED) is 0.744. The third kappa shape index (κ3) is 4.24. The lowest BCUT2D eigenvalue weighted by Crippen LogP contribution is -2.39. The molecule has 0 saturated heterocycles. The molecular formula is C20H23NO3S2. The van der Waals surface area contributed by atoms with Crippen molar-refractivity contribution >= 4 is 23.5 Å². The third-order valence-electron chi connectivity index (χ3n) is 4.37. The van der Waals surface area contributed by atoms with Crippen LogP contribution < -0.4 is 19.5 Å². The van der Waals surface area contributed by atoms with E-state index in [-0.39, 0.29) is 0 Å². The van der Waals surface area contributed by atoms with E-state index in [1.165, 1.54) is 4.90 Å². The van der Waals surface area contributed by atoms with Crippen LogP contribution in [0.15, 0.2) is 52.3 Å². The van der Waals surface area contributed by atoms with Crippen molar-refractivity contribution in [2.24, 2.45) is 5.92 Å². The summed E-state index contributed by atoms with van der Waals surface area (Å²) in [6, 6.07) is 14.7. The number of benzene rings is 2. The van der Waals surface area contributed by atoms with Crippen LogP contribution in [0.4, 0.5) is 0 Å². The summed E-state index contributed by atoms with van der Waals surface area (Å²) in [4.78, 5) is 2.40. The Kier molecular flexibility index (Phi) is 5.82. The normalized spacial score (nSPS) is 19.3. The molecule has 2 aromatic rings. The maximum absolute atomic E-state index is 5.95. The van der Waals surface area contributed by atoms with Crippen molar-refractivity contribution in [3.05, 3.63) is 42.5 Å². The van der Waals surface area contributed by atoms with Gasteiger partial charge in [0, 0.05) is 16.4 Å². The Morgan fingerprint density at radius 1 is 1.12 bits per heavy atom. The Morgan fingerprint density at radius 2 is 2.00 bits per heavy atom. The summed E-state index contributed by atoms with van der Waals surface area (Å²) in [6.07, 6.45) is 0. The van der Waals surface area contributed by atoms with Crippen LogP contribution >= 0.6 is 23.5 Å². The second-order valence-corrected chi connectivity index (χ2v) is 8.70. The van der Waals surface area contributed by atoms with Crippen molar-refractivity contribution in [1.82, 2.24) is 5.32 Å². The van der Waals surface area contributed by atoms with Crippen molar-refractivity contribution in [2.75, 3.05) is 31.5 Å². The van der Waals surface area contributed by atoms with E-state index in [0.717, 1.165) is 46.8 Å². The molecule has 138 valence electrons. The van der Waals surface area contributed by atoms with Crippen LogP contribution in [0.1, 0.15) is 6.92 Å². The smallest absolute Gasteiger partial charge is 0.231 e. The van der Waals surface area contributed by atoms with Gasteiger partial charge in [0.25, 0.3) is 0 Å². The van der Waals surface area contributed by atoms with Crippen molar-refractivity contribution in [3.8, 4) is 17.2 Å². The average Bonchev–Trinajstić information content (AvgIpc) is 3.06. The van der Waals surface area contributed by atoms with Crippen LogP contribution in [0.5, 0.6) is 17.2 Å². The predicted octanol–water partition coefficient (Wildman–Crippen LogP) is 4.29. The van der Waals surface area contributed by atoms with Crippen LogP contribution in [-0.4, -0.2) is 37.5 Å². The van der Waals surface area contributed by atoms with Gasteiger partial charge in [-0.15, -0.1) is 23.5 Å². The van der Waals surface area contributed by atoms with Gasteiger partial charge < -0.3 is 19.5 Å². The predicted molar refractivity (Wildman–Crippen MR) is 107 cm³/mol. The van der Waals surface area contributed by atoms with Crippen LogP contribution in [-0.2, 0) is 0 Å². The van der Waals surface area contributed by atoms with E-state index in [9.17, 15) is 0 Å². The molecule has 2 aromatic carbocycles. The molecule has 6 heteroatoms. The summed E-state index contributed by atoms with van der Waals surface area (Å²) >= 11 is 3.70. The number of para-hydroxylation sites is 2. The summed E-state index contributed by atoms with van der Waals surface area (Å²) in [5, 5.41) is 3.67. The third-order valence-corrected chi connectivity index (χ3v) is 6.95. The summed E-state index contributed by atoms with van der Waals surface area (Å²) in [7, 11) is 0. The fraction of sp³-hybridized carbons (Fsp3) is 0.400. The zero-order valence-electron chi connectivity index (χ0n) is 14.8. The first-order chi connectivity index (χ1) is 12.8. The minimum absolute atomic E-state index is 0.325. The fourth-order valence-corrected chi connectivity index (χ4v) is 5.00. The number of rotatable bonds is 6. The lowest BCUT2D eigenvalue weighted by molar-refractivity contribution is 0.172. The van der Waals surface area contributed by atoms with Crippen molar-refractivity contribution in [3.63, 3.8) is 0 Å². The molecule has 1 N–H and O–H groups in total. The Bertz CT molecular complexity index is 729. The summed E-state index contributed by atoms with van der Waals surface area (Å²) < 4.78 is 17.0. The zero-order valence-corrected chi connectivity index (χ0v) is 16.4. The maximum Gasteiger partial charge on any atom is 0.231 e. The molecule has 0 unspecified atom stereocenters. The van der Waals surface area contributed by atoms with Crippen LogP contribution in [0, 0.1) is 5.92 Å². The molecule has 0 radical (unpaired) electrons. The average molecular weight is 390 g/mol. The van der Waals surface area contributed by atoms with Gasteiger partial charge in [-0.1, -0.05) is 25.1 Å². The molecule has 4 nitrogen and oxygen atoms in total. The van der Waals surface area contributed by atoms with E-state index in [1.54, 1.807) is 0 Å². The minimum Gasteiger partial charge on any atom is -0.491 e. The van der Waals surface area contributed by atoms with Gasteiger partial charge >= 0.3 is 0 Å². The summed E-state index contributed by atoms with van der Waals surface area (Å²) in [5.74, 6) is 5.37. The second-order valence-electron chi connectivity index (χ2n) is 6.58. The van der Waals surface area contributed by atoms with Crippen molar-refractivity contribution in [2.45, 2.75) is 22.8 Å². The molecule has 0 saturated carbocycles. The number of ether oxygens (including phenoxy) is 3. The second kappa shape index (κ2) is 8.46. The van der Waals surface area contributed by atoms with Crippen molar-refractivity contribution in [1.29, 1.82) is 0 Å². The highest BCUT2D eigenvalue weighted by atomic mass is 32.2. The molecule has 0 bridgehead atoms. The van der Waals surface area contributed by atoms with E-state index in [1.807, 2.05) is 47.8 Å². The minimum atomic E-state index is 0.325. The molecule has 2 atom stereocenters. The SMILES string of the molecule is C[C@@H](CN[C@@H]1COc2ccccc2SC1)CSc1cccc2c1OCO2. The summed E-state index contributed by atoms with van der Waals surface area (Å²) in [5.41, 5.74) is 0. The van der Waals surface area contributed by atoms with Gasteiger partial charge in [0.1, 0.15) is 12.4 Å². The molecule has 4 rings (SSSR count). The molecule has 0 spiro atoms. The van der Waals surface area contributed by atoms with Crippen molar-refractivity contribution < 1.29 is 14.2 Å². The van der Waals surface area contributed by atoms with Gasteiger partial charge in [0.15, 0.2) is 11.5 Å². The monoisotopic (exact) mass is 389 g/mol. The van der Waals surface area contributed by atoms with E-state index in [0.29, 0.717) is 18.8 Å². The number of nitrogens with one attached hydrogen (secondary N) is 1. The lowest BCUT2D eigenvalue weighted by Gasteiger charge is -2.19. The van der Waals surface area contributed by atoms with Gasteiger partial charge in [-0.2, -0.15) is 0 Å². The fourth-order valence-electron chi connectivity index (χ4n) is 2.91. The van der Waals surface area contributed by atoms with E-state index in [4.69, 9.17) is 14.2 Å². The zero-order chi connectivity index (χ0) is 17.8. The number of fused-ring (bicyclic) bond motifs is 2. The van der Waals surface area contributed by atoms with Gasteiger partial charge in [0.05, 0.1) is 10.9 Å². The molecule has 2 heterocycles. The molecule has 0 aromatic heterocycles. The van der Waals surface area contributed by atoms with Gasteiger partial charge in [-0.25, -0.2) is 0 Å². The molecule has 0 aliphatic carbocycles. The molecule has 2 aliphatic heterocycles. The Hall–Kier alpha value is -1.50. The number of hydrogen-bond donors (Lipinski definition) is 1. The summed E-state index contributed by atoms with van der Waals surface area (Å²) in [6.45, 7) is 4.30. The van der Waals surface area contributed by atoms with Crippen LogP contribution in [0.2, 0.25) is 0 Å². The highest BCUT2D eigenvalue weighted by molar-refractivity contribution is 7.99. The molecule has 0 amide bonds. The van der Waals surface area contributed by atoms with Crippen LogP contribution in [0.25, 0.3) is 0 Å². The van der Waals surface area contributed by atoms with Gasteiger partial charge in [-0.3, -0.25) is 0 Å². The highest BCUT2D eigenvalue weighted by Gasteiger charge is 2.20. The number of thioether (sulfide) groups is 2. The lowest BCUT2D eigenvalue weighted by atomic mass is 10.2. The first-order valence-corrected chi connectivity index (χ1v) is 10.9. The Balaban J connectivity index is 1.24. The number of hydrogen-bond acceptors (Lipinski definition) is 6. The molecule has 0 fully saturated rings. The van der Waals surface area contributed by atoms with E-state index < -0.39 is 0 Å². The Labute approximate surface area is 163 Å². The molecule has 2 aliphatic rings. The molecule has 26 heavy (non-hydrogen) atoms. The standard InChI is InChI=1S/C20H23NO3S2/c1-14(11-25-19-8-4-6-17-20(19)24-13-23-17)9-21-15-10-22-16-5-2-3-7-18(16)26-12-15/h2-8,14-15,21H,9-13H2,1H3/t14-,15+/m0/s1. The Morgan fingerprint density at radius 3 is 2.96 bits per heavy atom. The van der Waals surface area contributed by atoms with E-state index >= 15 is 0 Å². The highest BCUT2D eigenvalue weighted by Crippen LogP contribution is 2.41. The topological polar surface area (TPSA) is 39.7 Å². The molecular weight excluding hydrogens is 366 g/mol. The van der Waals surface area contributed by atoms with Gasteiger partial charge in [-0.05, 0) is 36.7 Å². The largest absolute Gasteiger partial charge is 0.491 e. The maximum atomic E-state index is 5.95. The first-order valence-electron chi connectivity index (χ1n) is 8.89. The first kappa shape index (κ1) is 17.9. The van der Waals surface area contributed by atoms with Gasteiger partial charge in [0.2, 0.25) is 6.79 Å². The van der Waals surface area contributed by atoms with Crippen LogP contribution in [0.3, 0.4) is 0 Å².